The van der Waals surface area contributed by atoms with Gasteiger partial charge in [0.1, 0.15) is 17.2 Å². The zero-order valence-electron chi connectivity index (χ0n) is 15.5. The summed E-state index contributed by atoms with van der Waals surface area (Å²) >= 11 is 3.62. The Kier molecular flexibility index (Phi) is 4.28. The number of nitrogens with zero attached hydrogens (tertiary/aromatic N) is 3. The lowest BCUT2D eigenvalue weighted by molar-refractivity contribution is -0.149. The lowest BCUT2D eigenvalue weighted by Gasteiger charge is -2.51. The van der Waals surface area contributed by atoms with Gasteiger partial charge in [-0.05, 0) is 43.3 Å². The van der Waals surface area contributed by atoms with E-state index >= 15 is 0 Å². The van der Waals surface area contributed by atoms with Crippen LogP contribution < -0.4 is 4.74 Å². The molecular weight excluding hydrogens is 406 g/mol. The van der Waals surface area contributed by atoms with Crippen molar-refractivity contribution in [2.24, 2.45) is 5.10 Å². The number of hydrazone groups is 1. The molecule has 0 N–H and O–H groups in total. The lowest BCUT2D eigenvalue weighted by atomic mass is 9.91. The number of rotatable bonds is 3. The van der Waals surface area contributed by atoms with E-state index in [1.807, 2.05) is 12.1 Å². The van der Waals surface area contributed by atoms with Crippen molar-refractivity contribution >= 4 is 21.6 Å². The molecule has 1 spiro atoms. The average molecular weight is 430 g/mol. The summed E-state index contributed by atoms with van der Waals surface area (Å²) in [5.41, 5.74) is 1.86. The summed E-state index contributed by atoms with van der Waals surface area (Å²) in [6.07, 6.45) is 5.69. The van der Waals surface area contributed by atoms with Gasteiger partial charge >= 0.3 is 0 Å². The second kappa shape index (κ2) is 6.67. The quantitative estimate of drug-likeness (QED) is 0.703. The highest BCUT2D eigenvalue weighted by molar-refractivity contribution is 9.10. The Balaban J connectivity index is 1.53. The molecule has 0 amide bonds. The summed E-state index contributed by atoms with van der Waals surface area (Å²) in [5.74, 6) is 1.86. The third-order valence-electron chi connectivity index (χ3n) is 5.94. The molecule has 3 aliphatic rings. The Labute approximate surface area is 168 Å². The summed E-state index contributed by atoms with van der Waals surface area (Å²) in [5, 5.41) is 7.27. The number of piperidine rings is 1. The normalized spacial score (nSPS) is 23.7. The van der Waals surface area contributed by atoms with Crippen molar-refractivity contribution in [3.63, 3.8) is 0 Å². The first-order valence-corrected chi connectivity index (χ1v) is 10.6. The molecule has 4 heterocycles. The van der Waals surface area contributed by atoms with Gasteiger partial charge in [-0.3, -0.25) is 0 Å². The van der Waals surface area contributed by atoms with Gasteiger partial charge in [-0.2, -0.15) is 5.10 Å². The van der Waals surface area contributed by atoms with E-state index in [9.17, 15) is 0 Å². The van der Waals surface area contributed by atoms with Crippen LogP contribution in [0.15, 0.2) is 50.6 Å². The number of benzene rings is 1. The zero-order valence-corrected chi connectivity index (χ0v) is 17.1. The predicted octanol–water partition coefficient (Wildman–Crippen LogP) is 4.79. The molecule has 5 nitrogen and oxygen atoms in total. The van der Waals surface area contributed by atoms with Crippen molar-refractivity contribution in [3.05, 3.63) is 52.4 Å². The van der Waals surface area contributed by atoms with Crippen LogP contribution in [-0.2, 0) is 0 Å². The first kappa shape index (κ1) is 17.3. The number of hydrogen-bond acceptors (Lipinski definition) is 5. The number of furan rings is 1. The lowest BCUT2D eigenvalue weighted by Crippen LogP contribution is -2.59. The van der Waals surface area contributed by atoms with Crippen LogP contribution in [0.1, 0.15) is 50.0 Å². The molecule has 1 atom stereocenters. The van der Waals surface area contributed by atoms with Crippen LogP contribution in [0.3, 0.4) is 0 Å². The number of ether oxygens (including phenoxy) is 1. The van der Waals surface area contributed by atoms with E-state index in [1.54, 1.807) is 6.26 Å². The van der Waals surface area contributed by atoms with Crippen molar-refractivity contribution in [2.75, 3.05) is 19.6 Å². The fourth-order valence-corrected chi connectivity index (χ4v) is 5.00. The Bertz CT molecular complexity index is 856. The first-order chi connectivity index (χ1) is 13.2. The second-order valence-corrected chi connectivity index (χ2v) is 8.58. The SMILES string of the molecule is CCCN1CCC2(CC1)Oc1ccc(Br)cc1[C@@H]1CC(c3ccco3)=NN12. The highest BCUT2D eigenvalue weighted by Crippen LogP contribution is 2.50. The van der Waals surface area contributed by atoms with Crippen molar-refractivity contribution in [1.29, 1.82) is 0 Å². The van der Waals surface area contributed by atoms with Gasteiger partial charge in [0.2, 0.25) is 5.72 Å². The van der Waals surface area contributed by atoms with Gasteiger partial charge in [0, 0.05) is 42.4 Å². The van der Waals surface area contributed by atoms with E-state index < -0.39 is 0 Å². The monoisotopic (exact) mass is 429 g/mol. The molecule has 1 saturated heterocycles. The van der Waals surface area contributed by atoms with Crippen LogP contribution in [-0.4, -0.2) is 41.0 Å². The van der Waals surface area contributed by atoms with Crippen molar-refractivity contribution < 1.29 is 9.15 Å². The van der Waals surface area contributed by atoms with Gasteiger partial charge in [-0.15, -0.1) is 0 Å². The molecule has 0 saturated carbocycles. The topological polar surface area (TPSA) is 41.2 Å². The van der Waals surface area contributed by atoms with Crippen LogP contribution in [0.25, 0.3) is 0 Å². The number of fused-ring (bicyclic) bond motifs is 4. The summed E-state index contributed by atoms with van der Waals surface area (Å²) in [4.78, 5) is 2.54. The maximum Gasteiger partial charge on any atom is 0.200 e. The molecule has 6 heteroatoms. The molecule has 1 aromatic heterocycles. The molecule has 2 aromatic rings. The Morgan fingerprint density at radius 2 is 2.11 bits per heavy atom. The highest BCUT2D eigenvalue weighted by atomic mass is 79.9. The van der Waals surface area contributed by atoms with Crippen molar-refractivity contribution in [3.8, 4) is 5.75 Å². The fourth-order valence-electron chi connectivity index (χ4n) is 4.62. The molecule has 1 aromatic carbocycles. The third kappa shape index (κ3) is 2.90. The van der Waals surface area contributed by atoms with E-state index in [0.717, 1.165) is 60.6 Å². The smallest absolute Gasteiger partial charge is 0.200 e. The van der Waals surface area contributed by atoms with Crippen LogP contribution in [0.4, 0.5) is 0 Å². The van der Waals surface area contributed by atoms with Gasteiger partial charge in [0.25, 0.3) is 0 Å². The number of likely N-dealkylation sites (tertiary alicyclic amines) is 1. The van der Waals surface area contributed by atoms with E-state index in [-0.39, 0.29) is 11.8 Å². The van der Waals surface area contributed by atoms with Crippen LogP contribution in [0.2, 0.25) is 0 Å². The van der Waals surface area contributed by atoms with Crippen LogP contribution in [0.5, 0.6) is 5.75 Å². The molecule has 3 aliphatic heterocycles. The van der Waals surface area contributed by atoms with E-state index in [2.05, 4.69) is 51.0 Å². The molecular formula is C21H24BrN3O2. The summed E-state index contributed by atoms with van der Waals surface area (Å²) in [6, 6.07) is 10.5. The van der Waals surface area contributed by atoms with E-state index in [0.29, 0.717) is 0 Å². The van der Waals surface area contributed by atoms with Crippen LogP contribution >= 0.6 is 15.9 Å². The van der Waals surface area contributed by atoms with Crippen molar-refractivity contribution in [2.45, 2.75) is 44.4 Å². The fraction of sp³-hybridized carbons (Fsp3) is 0.476. The Morgan fingerprint density at radius 3 is 2.85 bits per heavy atom. The summed E-state index contributed by atoms with van der Waals surface area (Å²) in [7, 11) is 0. The standard InChI is InChI=1S/C21H24BrN3O2/c1-2-9-24-10-7-21(8-11-24)25-18(14-17(23-25)20-4-3-12-26-20)16-13-15(22)5-6-19(16)27-21/h3-6,12-13,18H,2,7-11,14H2,1H3/t18-/m0/s1. The zero-order chi connectivity index (χ0) is 18.4. The van der Waals surface area contributed by atoms with E-state index in [1.165, 1.54) is 12.0 Å². The van der Waals surface area contributed by atoms with Gasteiger partial charge in [-0.1, -0.05) is 22.9 Å². The molecule has 0 unspecified atom stereocenters. The largest absolute Gasteiger partial charge is 0.466 e. The van der Waals surface area contributed by atoms with E-state index in [4.69, 9.17) is 14.3 Å². The first-order valence-electron chi connectivity index (χ1n) is 9.80. The average Bonchev–Trinajstić information content (AvgIpc) is 3.34. The Morgan fingerprint density at radius 1 is 1.26 bits per heavy atom. The third-order valence-corrected chi connectivity index (χ3v) is 6.43. The van der Waals surface area contributed by atoms with Gasteiger partial charge in [-0.25, -0.2) is 5.01 Å². The van der Waals surface area contributed by atoms with Crippen LogP contribution in [0, 0.1) is 0 Å². The number of hydrogen-bond donors (Lipinski definition) is 0. The van der Waals surface area contributed by atoms with Crippen molar-refractivity contribution in [1.82, 2.24) is 9.91 Å². The number of halogens is 1. The molecule has 1 fully saturated rings. The van der Waals surface area contributed by atoms with Gasteiger partial charge in [0.15, 0.2) is 0 Å². The predicted molar refractivity (Wildman–Crippen MR) is 108 cm³/mol. The van der Waals surface area contributed by atoms with Gasteiger partial charge < -0.3 is 14.1 Å². The van der Waals surface area contributed by atoms with Gasteiger partial charge in [0.05, 0.1) is 12.3 Å². The maximum absolute atomic E-state index is 6.66. The maximum atomic E-state index is 6.66. The minimum Gasteiger partial charge on any atom is -0.466 e. The Hall–Kier alpha value is -1.79. The molecule has 142 valence electrons. The summed E-state index contributed by atoms with van der Waals surface area (Å²) < 4.78 is 13.4. The minimum absolute atomic E-state index is 0.198. The second-order valence-electron chi connectivity index (χ2n) is 7.66. The highest BCUT2D eigenvalue weighted by Gasteiger charge is 2.52. The minimum atomic E-state index is -0.357. The molecule has 5 rings (SSSR count). The molecule has 27 heavy (non-hydrogen) atoms. The molecule has 0 bridgehead atoms. The summed E-state index contributed by atoms with van der Waals surface area (Å²) in [6.45, 7) is 5.50. The molecule has 0 aliphatic carbocycles. The molecule has 0 radical (unpaired) electrons.